The first-order valence-corrected chi connectivity index (χ1v) is 4.76. The molecule has 0 spiro atoms. The minimum Gasteiger partial charge on any atom is -0.453 e. The quantitative estimate of drug-likeness (QED) is 0.835. The Morgan fingerprint density at radius 1 is 1.67 bits per heavy atom. The molecule has 0 aromatic carbocycles. The monoisotopic (exact) mass is 227 g/mol. The molecule has 0 aliphatic rings. The van der Waals surface area contributed by atoms with E-state index >= 15 is 0 Å². The molecule has 0 aliphatic heterocycles. The van der Waals surface area contributed by atoms with Crippen LogP contribution < -0.4 is 5.73 Å². The molecule has 2 rings (SSSR count). The van der Waals surface area contributed by atoms with E-state index in [4.69, 9.17) is 21.8 Å². The van der Waals surface area contributed by atoms with Crippen LogP contribution in [0.4, 0.5) is 0 Å². The molecule has 0 radical (unpaired) electrons. The first-order valence-electron chi connectivity index (χ1n) is 4.38. The number of nitrogens with zero attached hydrogens (tertiary/aromatic N) is 4. The number of hydrogen-bond acceptors (Lipinski definition) is 5. The molecule has 2 aromatic heterocycles. The summed E-state index contributed by atoms with van der Waals surface area (Å²) in [7, 11) is 1.70. The average Bonchev–Trinajstić information content (AvgIpc) is 2.75. The molecule has 0 saturated heterocycles. The fourth-order valence-corrected chi connectivity index (χ4v) is 1.54. The molecule has 7 heteroatoms. The Kier molecular flexibility index (Phi) is 2.70. The third kappa shape index (κ3) is 2.16. The van der Waals surface area contributed by atoms with E-state index in [1.807, 2.05) is 0 Å². The van der Waals surface area contributed by atoms with Gasteiger partial charge in [-0.2, -0.15) is 4.80 Å². The maximum absolute atomic E-state index is 5.92. The lowest BCUT2D eigenvalue weighted by Crippen LogP contribution is -2.14. The van der Waals surface area contributed by atoms with Gasteiger partial charge in [0.2, 0.25) is 0 Å². The Labute approximate surface area is 91.0 Å². The van der Waals surface area contributed by atoms with Crippen molar-refractivity contribution in [3.8, 4) is 0 Å². The molecule has 2 N–H and O–H groups in total. The Balaban J connectivity index is 2.10. The number of tetrazole rings is 1. The molecular formula is C8H10ClN5O. The van der Waals surface area contributed by atoms with Crippen LogP contribution in [0.15, 0.2) is 16.7 Å². The Morgan fingerprint density at radius 2 is 2.47 bits per heavy atom. The van der Waals surface area contributed by atoms with Crippen LogP contribution in [0.1, 0.15) is 17.4 Å². The summed E-state index contributed by atoms with van der Waals surface area (Å²) >= 11 is 5.80. The molecule has 1 unspecified atom stereocenters. The predicted molar refractivity (Wildman–Crippen MR) is 53.1 cm³/mol. The minimum atomic E-state index is -0.277. The average molecular weight is 228 g/mol. The molecule has 0 amide bonds. The zero-order valence-corrected chi connectivity index (χ0v) is 8.85. The van der Waals surface area contributed by atoms with Gasteiger partial charge in [0, 0.05) is 18.0 Å². The number of nitrogens with two attached hydrogens (primary N) is 1. The zero-order chi connectivity index (χ0) is 10.8. The lowest BCUT2D eigenvalue weighted by atomic mass is 10.1. The van der Waals surface area contributed by atoms with Crippen LogP contribution in [0.25, 0.3) is 0 Å². The predicted octanol–water partition coefficient (Wildman–Crippen LogP) is 0.699. The van der Waals surface area contributed by atoms with Crippen LogP contribution in [0.2, 0.25) is 5.22 Å². The standard InChI is InChI=1S/C8H10ClN5O/c1-14-12-7(11-13-14)4-6(10)5-2-3-15-8(5)9/h2-3,6H,4,10H2,1H3. The van der Waals surface area contributed by atoms with Crippen LogP contribution in [0.3, 0.4) is 0 Å². The van der Waals surface area contributed by atoms with E-state index in [2.05, 4.69) is 15.4 Å². The normalized spacial score (nSPS) is 13.0. The second kappa shape index (κ2) is 4.00. The Morgan fingerprint density at radius 3 is 3.00 bits per heavy atom. The van der Waals surface area contributed by atoms with Gasteiger partial charge in [-0.05, 0) is 22.9 Å². The van der Waals surface area contributed by atoms with Crippen molar-refractivity contribution in [2.45, 2.75) is 12.5 Å². The van der Waals surface area contributed by atoms with E-state index in [0.29, 0.717) is 17.5 Å². The lowest BCUT2D eigenvalue weighted by molar-refractivity contribution is 0.559. The lowest BCUT2D eigenvalue weighted by Gasteiger charge is -2.05. The number of rotatable bonds is 3. The van der Waals surface area contributed by atoms with Gasteiger partial charge >= 0.3 is 0 Å². The maximum Gasteiger partial charge on any atom is 0.197 e. The van der Waals surface area contributed by atoms with Gasteiger partial charge in [0.15, 0.2) is 11.0 Å². The topological polar surface area (TPSA) is 82.8 Å². The van der Waals surface area contributed by atoms with Crippen LogP contribution in [-0.2, 0) is 13.5 Å². The van der Waals surface area contributed by atoms with Gasteiger partial charge in [0.1, 0.15) is 0 Å². The summed E-state index contributed by atoms with van der Waals surface area (Å²) in [6, 6.07) is 1.46. The summed E-state index contributed by atoms with van der Waals surface area (Å²) in [5, 5.41) is 11.9. The number of furan rings is 1. The third-order valence-electron chi connectivity index (χ3n) is 2.00. The van der Waals surface area contributed by atoms with Crippen molar-refractivity contribution in [3.63, 3.8) is 0 Å². The van der Waals surface area contributed by atoms with E-state index in [9.17, 15) is 0 Å². The van der Waals surface area contributed by atoms with Crippen molar-refractivity contribution in [2.75, 3.05) is 0 Å². The van der Waals surface area contributed by atoms with E-state index in [1.165, 1.54) is 11.1 Å². The number of aromatic nitrogens is 4. The molecule has 0 saturated carbocycles. The summed E-state index contributed by atoms with van der Waals surface area (Å²) in [5.41, 5.74) is 6.67. The van der Waals surface area contributed by atoms with Gasteiger partial charge in [-0.15, -0.1) is 10.2 Å². The van der Waals surface area contributed by atoms with Crippen LogP contribution in [-0.4, -0.2) is 20.2 Å². The number of halogens is 1. The smallest absolute Gasteiger partial charge is 0.197 e. The largest absolute Gasteiger partial charge is 0.453 e. The fraction of sp³-hybridized carbons (Fsp3) is 0.375. The maximum atomic E-state index is 5.92. The highest BCUT2D eigenvalue weighted by Crippen LogP contribution is 2.23. The first-order chi connectivity index (χ1) is 7.16. The third-order valence-corrected chi connectivity index (χ3v) is 2.31. The summed E-state index contributed by atoms with van der Waals surface area (Å²) in [5.74, 6) is 0.585. The highest BCUT2D eigenvalue weighted by molar-refractivity contribution is 6.29. The van der Waals surface area contributed by atoms with Crippen molar-refractivity contribution >= 4 is 11.6 Å². The zero-order valence-electron chi connectivity index (χ0n) is 8.09. The van der Waals surface area contributed by atoms with E-state index < -0.39 is 0 Å². The molecule has 0 fully saturated rings. The molecule has 0 bridgehead atoms. The van der Waals surface area contributed by atoms with Gasteiger partial charge in [-0.1, -0.05) is 0 Å². The van der Waals surface area contributed by atoms with Gasteiger partial charge in [-0.3, -0.25) is 0 Å². The molecule has 2 heterocycles. The van der Waals surface area contributed by atoms with Gasteiger partial charge in [0.05, 0.1) is 13.3 Å². The molecule has 1 atom stereocenters. The fourth-order valence-electron chi connectivity index (χ4n) is 1.28. The van der Waals surface area contributed by atoms with Crippen molar-refractivity contribution in [2.24, 2.45) is 12.8 Å². The Bertz CT molecular complexity index is 451. The van der Waals surface area contributed by atoms with Gasteiger partial charge < -0.3 is 10.2 Å². The van der Waals surface area contributed by atoms with Crippen molar-refractivity contribution in [1.29, 1.82) is 0 Å². The molecule has 0 aliphatic carbocycles. The highest BCUT2D eigenvalue weighted by atomic mass is 35.5. The van der Waals surface area contributed by atoms with Gasteiger partial charge in [0.25, 0.3) is 0 Å². The Hall–Kier alpha value is -1.40. The number of hydrogen-bond donors (Lipinski definition) is 1. The van der Waals surface area contributed by atoms with E-state index in [0.717, 1.165) is 5.56 Å². The second-order valence-electron chi connectivity index (χ2n) is 3.16. The highest BCUT2D eigenvalue weighted by Gasteiger charge is 2.15. The SMILES string of the molecule is Cn1nnc(CC(N)c2ccoc2Cl)n1. The van der Waals surface area contributed by atoms with Crippen LogP contribution in [0, 0.1) is 0 Å². The molecule has 80 valence electrons. The summed E-state index contributed by atoms with van der Waals surface area (Å²) in [6.07, 6.45) is 1.98. The van der Waals surface area contributed by atoms with Crippen LogP contribution in [0.5, 0.6) is 0 Å². The molecule has 15 heavy (non-hydrogen) atoms. The van der Waals surface area contributed by atoms with E-state index in [-0.39, 0.29) is 6.04 Å². The summed E-state index contributed by atoms with van der Waals surface area (Å²) < 4.78 is 4.95. The van der Waals surface area contributed by atoms with Crippen molar-refractivity contribution in [3.05, 3.63) is 28.9 Å². The van der Waals surface area contributed by atoms with Gasteiger partial charge in [-0.25, -0.2) is 0 Å². The van der Waals surface area contributed by atoms with Crippen molar-refractivity contribution in [1.82, 2.24) is 20.2 Å². The molecular weight excluding hydrogens is 218 g/mol. The van der Waals surface area contributed by atoms with Crippen molar-refractivity contribution < 1.29 is 4.42 Å². The number of aryl methyl sites for hydroxylation is 1. The first kappa shape index (κ1) is 10.1. The summed E-state index contributed by atoms with van der Waals surface area (Å²) in [6.45, 7) is 0. The summed E-state index contributed by atoms with van der Waals surface area (Å²) in [4.78, 5) is 1.39. The molecule has 2 aromatic rings. The van der Waals surface area contributed by atoms with E-state index in [1.54, 1.807) is 13.1 Å². The molecule has 6 nitrogen and oxygen atoms in total. The second-order valence-corrected chi connectivity index (χ2v) is 3.50. The van der Waals surface area contributed by atoms with Crippen LogP contribution >= 0.6 is 11.6 Å². The minimum absolute atomic E-state index is 0.277.